The van der Waals surface area contributed by atoms with E-state index in [0.717, 1.165) is 22.0 Å². The van der Waals surface area contributed by atoms with Crippen molar-refractivity contribution in [3.63, 3.8) is 0 Å². The van der Waals surface area contributed by atoms with Crippen LogP contribution in [0.5, 0.6) is 0 Å². The van der Waals surface area contributed by atoms with E-state index in [9.17, 15) is 4.79 Å². The molecular weight excluding hydrogens is 274 g/mol. The van der Waals surface area contributed by atoms with Crippen molar-refractivity contribution in [3.8, 4) is 11.1 Å². The van der Waals surface area contributed by atoms with Crippen LogP contribution in [-0.4, -0.2) is 16.1 Å². The third-order valence-electron chi connectivity index (χ3n) is 3.03. The SMILES string of the molecule is CC(=O)Nc1n[nH]c2cc(Cl)c(-c3ccccc3)cc12. The fourth-order valence-electron chi connectivity index (χ4n) is 2.14. The minimum atomic E-state index is -0.158. The maximum atomic E-state index is 11.2. The molecule has 0 unspecified atom stereocenters. The molecule has 0 atom stereocenters. The number of benzene rings is 2. The van der Waals surface area contributed by atoms with Crippen LogP contribution >= 0.6 is 11.6 Å². The van der Waals surface area contributed by atoms with Crippen molar-refractivity contribution in [3.05, 3.63) is 47.5 Å². The van der Waals surface area contributed by atoms with E-state index in [-0.39, 0.29) is 5.91 Å². The molecule has 0 aliphatic rings. The van der Waals surface area contributed by atoms with Gasteiger partial charge < -0.3 is 5.32 Å². The molecule has 0 bridgehead atoms. The molecule has 100 valence electrons. The van der Waals surface area contributed by atoms with Gasteiger partial charge in [0.25, 0.3) is 0 Å². The number of carbonyl (C=O) groups is 1. The van der Waals surface area contributed by atoms with Crippen LogP contribution in [0.1, 0.15) is 6.92 Å². The Balaban J connectivity index is 2.18. The van der Waals surface area contributed by atoms with Gasteiger partial charge in [0.2, 0.25) is 5.91 Å². The van der Waals surface area contributed by atoms with Crippen LogP contribution < -0.4 is 5.32 Å². The summed E-state index contributed by atoms with van der Waals surface area (Å²) in [7, 11) is 0. The second-order valence-electron chi connectivity index (χ2n) is 4.50. The van der Waals surface area contributed by atoms with Gasteiger partial charge in [-0.15, -0.1) is 0 Å². The van der Waals surface area contributed by atoms with E-state index in [1.54, 1.807) is 0 Å². The largest absolute Gasteiger partial charge is 0.309 e. The number of aromatic nitrogens is 2. The number of rotatable bonds is 2. The summed E-state index contributed by atoms with van der Waals surface area (Å²) < 4.78 is 0. The van der Waals surface area contributed by atoms with Crippen LogP contribution in [0.15, 0.2) is 42.5 Å². The molecule has 0 radical (unpaired) electrons. The van der Waals surface area contributed by atoms with Crippen LogP contribution in [0.3, 0.4) is 0 Å². The Kier molecular flexibility index (Phi) is 3.16. The van der Waals surface area contributed by atoms with Gasteiger partial charge in [-0.2, -0.15) is 5.10 Å². The van der Waals surface area contributed by atoms with Crippen LogP contribution in [-0.2, 0) is 4.79 Å². The van der Waals surface area contributed by atoms with Crippen LogP contribution in [0, 0.1) is 0 Å². The molecule has 0 aliphatic carbocycles. The molecule has 20 heavy (non-hydrogen) atoms. The monoisotopic (exact) mass is 285 g/mol. The highest BCUT2D eigenvalue weighted by molar-refractivity contribution is 6.34. The van der Waals surface area contributed by atoms with Crippen molar-refractivity contribution in [1.82, 2.24) is 10.2 Å². The van der Waals surface area contributed by atoms with Crippen molar-refractivity contribution < 1.29 is 4.79 Å². The molecule has 3 aromatic rings. The maximum absolute atomic E-state index is 11.2. The Bertz CT molecular complexity index is 780. The average molecular weight is 286 g/mol. The molecule has 2 N–H and O–H groups in total. The van der Waals surface area contributed by atoms with Gasteiger partial charge in [-0.1, -0.05) is 41.9 Å². The van der Waals surface area contributed by atoms with E-state index in [0.29, 0.717) is 10.8 Å². The zero-order valence-corrected chi connectivity index (χ0v) is 11.5. The molecule has 1 amide bonds. The topological polar surface area (TPSA) is 57.8 Å². The second-order valence-corrected chi connectivity index (χ2v) is 4.90. The van der Waals surface area contributed by atoms with E-state index in [2.05, 4.69) is 15.5 Å². The molecule has 0 spiro atoms. The van der Waals surface area contributed by atoms with E-state index in [4.69, 9.17) is 11.6 Å². The zero-order chi connectivity index (χ0) is 14.1. The van der Waals surface area contributed by atoms with Crippen LogP contribution in [0.2, 0.25) is 5.02 Å². The molecule has 2 aromatic carbocycles. The minimum absolute atomic E-state index is 0.158. The number of amides is 1. The number of nitrogens with one attached hydrogen (secondary N) is 2. The fourth-order valence-corrected chi connectivity index (χ4v) is 2.41. The lowest BCUT2D eigenvalue weighted by Gasteiger charge is -2.05. The number of hydrogen-bond donors (Lipinski definition) is 2. The van der Waals surface area contributed by atoms with E-state index in [1.165, 1.54) is 6.92 Å². The van der Waals surface area contributed by atoms with E-state index >= 15 is 0 Å². The molecule has 0 fully saturated rings. The van der Waals surface area contributed by atoms with Gasteiger partial charge in [0.15, 0.2) is 5.82 Å². The number of aromatic amines is 1. The lowest BCUT2D eigenvalue weighted by atomic mass is 10.0. The van der Waals surface area contributed by atoms with Crippen molar-refractivity contribution in [2.45, 2.75) is 6.92 Å². The number of anilines is 1. The number of halogens is 1. The third kappa shape index (κ3) is 2.26. The Morgan fingerprint density at radius 2 is 2.00 bits per heavy atom. The summed E-state index contributed by atoms with van der Waals surface area (Å²) in [6.45, 7) is 1.45. The first kappa shape index (κ1) is 12.7. The van der Waals surface area contributed by atoms with Crippen LogP contribution in [0.4, 0.5) is 5.82 Å². The molecular formula is C15H12ClN3O. The highest BCUT2D eigenvalue weighted by atomic mass is 35.5. The zero-order valence-electron chi connectivity index (χ0n) is 10.8. The first-order valence-electron chi connectivity index (χ1n) is 6.16. The van der Waals surface area contributed by atoms with Crippen molar-refractivity contribution >= 4 is 34.2 Å². The van der Waals surface area contributed by atoms with Gasteiger partial charge in [0, 0.05) is 17.9 Å². The van der Waals surface area contributed by atoms with Gasteiger partial charge in [-0.05, 0) is 17.7 Å². The van der Waals surface area contributed by atoms with Crippen LogP contribution in [0.25, 0.3) is 22.0 Å². The van der Waals surface area contributed by atoms with E-state index in [1.807, 2.05) is 42.5 Å². The normalized spacial score (nSPS) is 10.7. The Morgan fingerprint density at radius 3 is 2.70 bits per heavy atom. The first-order chi connectivity index (χ1) is 9.65. The summed E-state index contributed by atoms with van der Waals surface area (Å²) in [6, 6.07) is 13.6. The lowest BCUT2D eigenvalue weighted by molar-refractivity contribution is -0.114. The predicted octanol–water partition coefficient (Wildman–Crippen LogP) is 3.84. The first-order valence-corrected chi connectivity index (χ1v) is 6.53. The van der Waals surface area contributed by atoms with Gasteiger partial charge in [-0.3, -0.25) is 9.89 Å². The smallest absolute Gasteiger partial charge is 0.222 e. The van der Waals surface area contributed by atoms with Gasteiger partial charge in [-0.25, -0.2) is 0 Å². The summed E-state index contributed by atoms with van der Waals surface area (Å²) in [6.07, 6.45) is 0. The highest BCUT2D eigenvalue weighted by Gasteiger charge is 2.11. The summed E-state index contributed by atoms with van der Waals surface area (Å²) in [4.78, 5) is 11.2. The Morgan fingerprint density at radius 1 is 1.25 bits per heavy atom. The number of H-pyrrole nitrogens is 1. The minimum Gasteiger partial charge on any atom is -0.309 e. The molecule has 1 heterocycles. The van der Waals surface area contributed by atoms with Crippen molar-refractivity contribution in [2.24, 2.45) is 0 Å². The number of nitrogens with zero attached hydrogens (tertiary/aromatic N) is 1. The van der Waals surface area contributed by atoms with Crippen molar-refractivity contribution in [1.29, 1.82) is 0 Å². The standard InChI is InChI=1S/C15H12ClN3O/c1-9(20)17-15-12-7-11(10-5-3-2-4-6-10)13(16)8-14(12)18-19-15/h2-8H,1H3,(H2,17,18,19,20). The molecule has 1 aromatic heterocycles. The summed E-state index contributed by atoms with van der Waals surface area (Å²) in [5, 5.41) is 11.1. The fraction of sp³-hybridized carbons (Fsp3) is 0.0667. The Labute approximate surface area is 120 Å². The van der Waals surface area contributed by atoms with Crippen molar-refractivity contribution in [2.75, 3.05) is 5.32 Å². The maximum Gasteiger partial charge on any atom is 0.222 e. The Hall–Kier alpha value is -2.33. The van der Waals surface area contributed by atoms with Gasteiger partial charge >= 0.3 is 0 Å². The number of fused-ring (bicyclic) bond motifs is 1. The van der Waals surface area contributed by atoms with Gasteiger partial charge in [0.05, 0.1) is 10.5 Å². The lowest BCUT2D eigenvalue weighted by Crippen LogP contribution is -2.06. The summed E-state index contributed by atoms with van der Waals surface area (Å²) in [5.41, 5.74) is 2.72. The predicted molar refractivity (Wildman–Crippen MR) is 80.8 cm³/mol. The quantitative estimate of drug-likeness (QED) is 0.751. The third-order valence-corrected chi connectivity index (χ3v) is 3.34. The molecule has 5 heteroatoms. The number of hydrogen-bond acceptors (Lipinski definition) is 2. The number of carbonyl (C=O) groups excluding carboxylic acids is 1. The summed E-state index contributed by atoms with van der Waals surface area (Å²) in [5.74, 6) is 0.357. The second kappa shape index (κ2) is 4.98. The molecule has 4 nitrogen and oxygen atoms in total. The average Bonchev–Trinajstić information content (AvgIpc) is 2.80. The molecule has 0 saturated heterocycles. The molecule has 0 aliphatic heterocycles. The highest BCUT2D eigenvalue weighted by Crippen LogP contribution is 2.33. The molecule has 0 saturated carbocycles. The van der Waals surface area contributed by atoms with E-state index < -0.39 is 0 Å². The molecule has 3 rings (SSSR count). The van der Waals surface area contributed by atoms with Gasteiger partial charge in [0.1, 0.15) is 0 Å². The summed E-state index contributed by atoms with van der Waals surface area (Å²) >= 11 is 6.32.